The lowest BCUT2D eigenvalue weighted by molar-refractivity contribution is 0.0927. The molecule has 1 aliphatic heterocycles. The molecule has 0 bridgehead atoms. The minimum Gasteiger partial charge on any atom is -0.454 e. The minimum atomic E-state index is 0.0656. The molecule has 3 aliphatic rings. The molecule has 0 spiro atoms. The molecule has 5 nitrogen and oxygen atoms in total. The number of nitrogens with zero attached hydrogens (tertiary/aromatic N) is 1. The van der Waals surface area contributed by atoms with Crippen molar-refractivity contribution in [3.63, 3.8) is 0 Å². The lowest BCUT2D eigenvalue weighted by Gasteiger charge is -2.23. The van der Waals surface area contributed by atoms with Crippen LogP contribution in [0, 0.1) is 6.92 Å². The molecule has 5 rings (SSSR count). The number of aliphatic imine (C=N–C) groups is 1. The Labute approximate surface area is 181 Å². The lowest BCUT2D eigenvalue weighted by atomic mass is 9.93. The van der Waals surface area contributed by atoms with Crippen LogP contribution in [0.15, 0.2) is 17.1 Å². The first-order valence-corrected chi connectivity index (χ1v) is 11.9. The largest absolute Gasteiger partial charge is 0.454 e. The molecule has 6 heteroatoms. The molecule has 1 N–H and O–H groups in total. The van der Waals surface area contributed by atoms with Crippen LogP contribution in [0.3, 0.4) is 0 Å². The van der Waals surface area contributed by atoms with Crippen LogP contribution in [0.5, 0.6) is 11.5 Å². The summed E-state index contributed by atoms with van der Waals surface area (Å²) in [4.78, 5) is 19.4. The third kappa shape index (κ3) is 3.85. The molecule has 30 heavy (non-hydrogen) atoms. The van der Waals surface area contributed by atoms with Crippen LogP contribution >= 0.6 is 11.3 Å². The average molecular weight is 425 g/mol. The summed E-state index contributed by atoms with van der Waals surface area (Å²) in [5, 5.41) is 4.15. The van der Waals surface area contributed by atoms with Gasteiger partial charge in [-0.05, 0) is 74.3 Å². The summed E-state index contributed by atoms with van der Waals surface area (Å²) in [5.41, 5.74) is 4.12. The van der Waals surface area contributed by atoms with E-state index in [4.69, 9.17) is 14.5 Å². The van der Waals surface area contributed by atoms with Crippen molar-refractivity contribution in [2.45, 2.75) is 70.8 Å². The maximum Gasteiger partial charge on any atom is 0.254 e. The van der Waals surface area contributed by atoms with Gasteiger partial charge in [0, 0.05) is 17.1 Å². The number of nitrogens with one attached hydrogen (secondary N) is 1. The third-order valence-electron chi connectivity index (χ3n) is 6.40. The van der Waals surface area contributed by atoms with E-state index in [1.807, 2.05) is 25.3 Å². The van der Waals surface area contributed by atoms with Crippen molar-refractivity contribution in [1.29, 1.82) is 0 Å². The standard InChI is InChI=1S/C24H28N2O3S/c1-15-11-19-20(29-14-28-19)12-16(15)13-25-24-22(18-9-5-6-10-21(18)30-24)23(27)26-17-7-3-2-4-8-17/h11-13,17H,2-10,14H2,1H3,(H,26,27)/b25-13-. The van der Waals surface area contributed by atoms with E-state index in [2.05, 4.69) is 5.32 Å². The molecule has 1 aromatic heterocycles. The number of aryl methyl sites for hydroxylation is 2. The second-order valence-electron chi connectivity index (χ2n) is 8.52. The number of benzene rings is 1. The first-order chi connectivity index (χ1) is 14.7. The summed E-state index contributed by atoms with van der Waals surface area (Å²) in [6.07, 6.45) is 12.1. The van der Waals surface area contributed by atoms with Gasteiger partial charge in [-0.3, -0.25) is 4.79 Å². The average Bonchev–Trinajstić information content (AvgIpc) is 3.36. The smallest absolute Gasteiger partial charge is 0.254 e. The number of carbonyl (C=O) groups is 1. The second-order valence-corrected chi connectivity index (χ2v) is 9.60. The molecule has 0 unspecified atom stereocenters. The molecular formula is C24H28N2O3S. The molecule has 1 amide bonds. The quantitative estimate of drug-likeness (QED) is 0.662. The molecule has 0 radical (unpaired) electrons. The fraction of sp³-hybridized carbons (Fsp3) is 0.500. The van der Waals surface area contributed by atoms with Crippen molar-refractivity contribution in [2.75, 3.05) is 6.79 Å². The van der Waals surface area contributed by atoms with Gasteiger partial charge in [0.2, 0.25) is 6.79 Å². The number of fused-ring (bicyclic) bond motifs is 2. The van der Waals surface area contributed by atoms with Crippen LogP contribution in [0.4, 0.5) is 5.00 Å². The van der Waals surface area contributed by atoms with Gasteiger partial charge >= 0.3 is 0 Å². The highest BCUT2D eigenvalue weighted by atomic mass is 32.1. The zero-order valence-corrected chi connectivity index (χ0v) is 18.3. The Bertz CT molecular complexity index is 989. The van der Waals surface area contributed by atoms with Gasteiger partial charge in [0.15, 0.2) is 11.5 Å². The fourth-order valence-corrected chi connectivity index (χ4v) is 5.94. The van der Waals surface area contributed by atoms with E-state index in [0.29, 0.717) is 6.04 Å². The van der Waals surface area contributed by atoms with E-state index in [9.17, 15) is 4.79 Å². The third-order valence-corrected chi connectivity index (χ3v) is 7.60. The van der Waals surface area contributed by atoms with Crippen LogP contribution in [-0.2, 0) is 12.8 Å². The van der Waals surface area contributed by atoms with Gasteiger partial charge in [0.25, 0.3) is 5.91 Å². The summed E-state index contributed by atoms with van der Waals surface area (Å²) < 4.78 is 11.0. The van der Waals surface area contributed by atoms with E-state index in [0.717, 1.165) is 65.3 Å². The van der Waals surface area contributed by atoms with Crippen LogP contribution in [0.2, 0.25) is 0 Å². The van der Waals surface area contributed by atoms with Crippen molar-refractivity contribution >= 4 is 28.5 Å². The molecule has 2 aliphatic carbocycles. The second kappa shape index (κ2) is 8.42. The Morgan fingerprint density at radius 1 is 1.10 bits per heavy atom. The van der Waals surface area contributed by atoms with Gasteiger partial charge in [-0.15, -0.1) is 11.3 Å². The van der Waals surface area contributed by atoms with Crippen LogP contribution in [0.25, 0.3) is 0 Å². The van der Waals surface area contributed by atoms with Crippen molar-refractivity contribution in [3.05, 3.63) is 39.3 Å². The van der Waals surface area contributed by atoms with Crippen LogP contribution in [-0.4, -0.2) is 25.0 Å². The Morgan fingerprint density at radius 2 is 1.87 bits per heavy atom. The van der Waals surface area contributed by atoms with E-state index >= 15 is 0 Å². The maximum atomic E-state index is 13.3. The molecular weight excluding hydrogens is 396 g/mol. The highest BCUT2D eigenvalue weighted by molar-refractivity contribution is 7.16. The predicted molar refractivity (Wildman–Crippen MR) is 120 cm³/mol. The first-order valence-electron chi connectivity index (χ1n) is 11.1. The van der Waals surface area contributed by atoms with E-state index in [1.54, 1.807) is 11.3 Å². The number of hydrogen-bond donors (Lipinski definition) is 1. The van der Waals surface area contributed by atoms with Crippen molar-refractivity contribution in [2.24, 2.45) is 4.99 Å². The van der Waals surface area contributed by atoms with Crippen molar-refractivity contribution in [1.82, 2.24) is 5.32 Å². The maximum absolute atomic E-state index is 13.3. The summed E-state index contributed by atoms with van der Waals surface area (Å²) >= 11 is 1.69. The molecule has 158 valence electrons. The van der Waals surface area contributed by atoms with Gasteiger partial charge < -0.3 is 14.8 Å². The highest BCUT2D eigenvalue weighted by Crippen LogP contribution is 2.40. The van der Waals surface area contributed by atoms with E-state index in [1.165, 1.54) is 36.1 Å². The molecule has 2 aromatic rings. The van der Waals surface area contributed by atoms with Crippen molar-refractivity contribution < 1.29 is 14.3 Å². The zero-order valence-electron chi connectivity index (χ0n) is 17.5. The monoisotopic (exact) mass is 424 g/mol. The van der Waals surface area contributed by atoms with Crippen molar-refractivity contribution in [3.8, 4) is 11.5 Å². The number of rotatable bonds is 4. The predicted octanol–water partition coefficient (Wildman–Crippen LogP) is 5.48. The highest BCUT2D eigenvalue weighted by Gasteiger charge is 2.27. The summed E-state index contributed by atoms with van der Waals surface area (Å²) in [6.45, 7) is 2.30. The number of carbonyl (C=O) groups excluding carboxylic acids is 1. The number of hydrogen-bond acceptors (Lipinski definition) is 5. The Kier molecular flexibility index (Phi) is 5.50. The SMILES string of the molecule is Cc1cc2c(cc1/C=N\c1sc3c(c1C(=O)NC1CCCCC1)CCCC3)OCO2. The number of thiophene rings is 1. The molecule has 0 saturated heterocycles. The van der Waals surface area contributed by atoms with Gasteiger partial charge in [0.1, 0.15) is 5.00 Å². The molecule has 2 heterocycles. The number of ether oxygens (including phenoxy) is 2. The Balaban J connectivity index is 1.45. The summed E-state index contributed by atoms with van der Waals surface area (Å²) in [7, 11) is 0. The molecule has 0 atom stereocenters. The van der Waals surface area contributed by atoms with Crippen LogP contribution < -0.4 is 14.8 Å². The Morgan fingerprint density at radius 3 is 2.70 bits per heavy atom. The van der Waals surface area contributed by atoms with Gasteiger partial charge in [0.05, 0.1) is 5.56 Å². The summed E-state index contributed by atoms with van der Waals surface area (Å²) in [5.74, 6) is 1.60. The van der Waals surface area contributed by atoms with Gasteiger partial charge in [-0.1, -0.05) is 19.3 Å². The van der Waals surface area contributed by atoms with Gasteiger partial charge in [-0.2, -0.15) is 0 Å². The van der Waals surface area contributed by atoms with Crippen LogP contribution in [0.1, 0.15) is 76.9 Å². The zero-order chi connectivity index (χ0) is 20.5. The van der Waals surface area contributed by atoms with E-state index in [-0.39, 0.29) is 12.7 Å². The fourth-order valence-electron chi connectivity index (χ4n) is 4.71. The Hall–Kier alpha value is -2.34. The molecule has 1 fully saturated rings. The molecule has 1 saturated carbocycles. The first kappa shape index (κ1) is 19.6. The number of amides is 1. The summed E-state index contributed by atoms with van der Waals surface area (Å²) in [6, 6.07) is 4.26. The lowest BCUT2D eigenvalue weighted by Crippen LogP contribution is -2.36. The van der Waals surface area contributed by atoms with E-state index < -0.39 is 0 Å². The topological polar surface area (TPSA) is 59.9 Å². The van der Waals surface area contributed by atoms with Gasteiger partial charge in [-0.25, -0.2) is 4.99 Å². The molecule has 1 aromatic carbocycles. The minimum absolute atomic E-state index is 0.0656. The normalized spacial score (nSPS) is 18.6.